The number of hydrogen-bond donors (Lipinski definition) is 1. The van der Waals surface area contributed by atoms with Crippen molar-refractivity contribution in [1.29, 1.82) is 5.41 Å². The lowest BCUT2D eigenvalue weighted by molar-refractivity contribution is -0.627. The van der Waals surface area contributed by atoms with Gasteiger partial charge in [-0.25, -0.2) is 15.1 Å². The summed E-state index contributed by atoms with van der Waals surface area (Å²) >= 11 is 6.99. The van der Waals surface area contributed by atoms with E-state index in [4.69, 9.17) is 17.0 Å². The molecule has 9 heteroatoms. The number of thiazole rings is 1. The largest absolute Gasteiger partial charge is 0.331 e. The normalized spacial score (nSPS) is 15.9. The Balaban J connectivity index is 2.03. The van der Waals surface area contributed by atoms with Crippen LogP contribution in [0.15, 0.2) is 6.20 Å². The molecule has 0 amide bonds. The second-order valence-electron chi connectivity index (χ2n) is 3.19. The van der Waals surface area contributed by atoms with Crippen LogP contribution in [0.1, 0.15) is 4.88 Å². The summed E-state index contributed by atoms with van der Waals surface area (Å²) in [4.78, 5) is 16.9. The van der Waals surface area contributed by atoms with Crippen molar-refractivity contribution in [3.05, 3.63) is 25.7 Å². The molecule has 16 heavy (non-hydrogen) atoms. The van der Waals surface area contributed by atoms with E-state index in [1.165, 1.54) is 11.3 Å². The first-order valence-electron chi connectivity index (χ1n) is 4.43. The van der Waals surface area contributed by atoms with Gasteiger partial charge in [0.05, 0.1) is 6.54 Å². The predicted octanol–water partition coefficient (Wildman–Crippen LogP) is 1.04. The van der Waals surface area contributed by atoms with Crippen molar-refractivity contribution >= 4 is 28.9 Å². The molecule has 0 spiro atoms. The van der Waals surface area contributed by atoms with Crippen molar-refractivity contribution in [2.45, 2.75) is 6.54 Å². The molecule has 1 N–H and O–H groups in total. The molecule has 1 aromatic heterocycles. The Morgan fingerprint density at radius 2 is 2.44 bits per heavy atom. The van der Waals surface area contributed by atoms with Crippen LogP contribution in [0, 0.1) is 15.5 Å². The molecular weight excluding hydrogens is 254 g/mol. The first kappa shape index (κ1) is 11.1. The van der Waals surface area contributed by atoms with E-state index in [1.54, 1.807) is 11.1 Å². The van der Waals surface area contributed by atoms with E-state index in [0.29, 0.717) is 17.6 Å². The number of guanidine groups is 1. The summed E-state index contributed by atoms with van der Waals surface area (Å²) in [5.74, 6) is -0.0884. The van der Waals surface area contributed by atoms with E-state index in [0.717, 1.165) is 9.89 Å². The van der Waals surface area contributed by atoms with Gasteiger partial charge in [0.25, 0.3) is 5.96 Å². The monoisotopic (exact) mass is 261 g/mol. The maximum absolute atomic E-state index is 10.5. The molecule has 0 atom stereocenters. The standard InChI is InChI=1S/C7H8ClN5O2S/c8-6-10-3-5(16-6)4-11-1-2-12(7(11)9)13(14)15/h3,9H,1-2,4H2. The summed E-state index contributed by atoms with van der Waals surface area (Å²) in [6.45, 7) is 1.14. The fourth-order valence-corrected chi connectivity index (χ4v) is 2.44. The number of nitro groups is 1. The number of nitrogens with one attached hydrogen (secondary N) is 1. The minimum atomic E-state index is -0.567. The lowest BCUT2D eigenvalue weighted by Crippen LogP contribution is -2.35. The van der Waals surface area contributed by atoms with Gasteiger partial charge in [0.1, 0.15) is 6.54 Å². The highest BCUT2D eigenvalue weighted by atomic mass is 35.5. The first-order valence-corrected chi connectivity index (χ1v) is 5.63. The van der Waals surface area contributed by atoms with E-state index >= 15 is 0 Å². The molecule has 2 rings (SSSR count). The molecule has 0 aliphatic carbocycles. The molecular formula is C7H8ClN5O2S. The Labute approximate surface area is 99.9 Å². The number of nitrogens with zero attached hydrogens (tertiary/aromatic N) is 4. The first-order chi connectivity index (χ1) is 7.58. The van der Waals surface area contributed by atoms with E-state index in [1.807, 2.05) is 0 Å². The Morgan fingerprint density at radius 1 is 1.69 bits per heavy atom. The van der Waals surface area contributed by atoms with Crippen molar-refractivity contribution in [3.63, 3.8) is 0 Å². The summed E-state index contributed by atoms with van der Waals surface area (Å²) in [5, 5.41) is 18.4. The van der Waals surface area contributed by atoms with Crippen LogP contribution in [0.2, 0.25) is 4.47 Å². The zero-order valence-corrected chi connectivity index (χ0v) is 9.66. The van der Waals surface area contributed by atoms with Crippen LogP contribution < -0.4 is 0 Å². The maximum Gasteiger partial charge on any atom is 0.257 e. The van der Waals surface area contributed by atoms with Crippen LogP contribution in [-0.4, -0.2) is 39.0 Å². The van der Waals surface area contributed by atoms with Gasteiger partial charge in [-0.1, -0.05) is 16.6 Å². The van der Waals surface area contributed by atoms with Gasteiger partial charge >= 0.3 is 0 Å². The summed E-state index contributed by atoms with van der Waals surface area (Å²) < 4.78 is 0.437. The lowest BCUT2D eigenvalue weighted by Gasteiger charge is -2.14. The summed E-state index contributed by atoms with van der Waals surface area (Å²) in [5.41, 5.74) is 0. The fourth-order valence-electron chi connectivity index (χ4n) is 1.45. The van der Waals surface area contributed by atoms with Crippen molar-refractivity contribution in [3.8, 4) is 0 Å². The Morgan fingerprint density at radius 3 is 2.94 bits per heavy atom. The molecule has 1 fully saturated rings. The number of halogens is 1. The average Bonchev–Trinajstić information content (AvgIpc) is 2.76. The van der Waals surface area contributed by atoms with Gasteiger partial charge in [-0.05, 0) is 0 Å². The van der Waals surface area contributed by atoms with Gasteiger partial charge in [-0.2, -0.15) is 0 Å². The predicted molar refractivity (Wildman–Crippen MR) is 59.0 cm³/mol. The van der Waals surface area contributed by atoms with Gasteiger partial charge in [-0.15, -0.1) is 11.3 Å². The molecule has 1 aliphatic rings. The average molecular weight is 262 g/mol. The molecule has 86 valence electrons. The van der Waals surface area contributed by atoms with Crippen molar-refractivity contribution in [1.82, 2.24) is 14.9 Å². The quantitative estimate of drug-likeness (QED) is 0.649. The number of hydrogen-bond acceptors (Lipinski definition) is 5. The molecule has 1 aromatic rings. The van der Waals surface area contributed by atoms with Crippen molar-refractivity contribution in [2.75, 3.05) is 13.1 Å². The van der Waals surface area contributed by atoms with Crippen molar-refractivity contribution < 1.29 is 5.03 Å². The van der Waals surface area contributed by atoms with Crippen LogP contribution in [0.4, 0.5) is 0 Å². The Bertz CT molecular complexity index is 436. The molecule has 0 unspecified atom stereocenters. The van der Waals surface area contributed by atoms with Gasteiger partial charge in [-0.3, -0.25) is 5.41 Å². The lowest BCUT2D eigenvalue weighted by atomic mass is 10.5. The molecule has 1 aliphatic heterocycles. The molecule has 0 bridgehead atoms. The topological polar surface area (TPSA) is 86.4 Å². The summed E-state index contributed by atoms with van der Waals surface area (Å²) in [6.07, 6.45) is 1.62. The highest BCUT2D eigenvalue weighted by Gasteiger charge is 2.33. The minimum absolute atomic E-state index is 0.0884. The van der Waals surface area contributed by atoms with E-state index in [2.05, 4.69) is 4.98 Å². The second-order valence-corrected chi connectivity index (χ2v) is 4.88. The third-order valence-corrected chi connectivity index (χ3v) is 3.29. The number of rotatable bonds is 3. The second kappa shape index (κ2) is 4.22. The van der Waals surface area contributed by atoms with E-state index in [-0.39, 0.29) is 12.5 Å². The molecule has 0 saturated carbocycles. The van der Waals surface area contributed by atoms with Gasteiger partial charge in [0.2, 0.25) is 0 Å². The number of hydrazine groups is 1. The van der Waals surface area contributed by atoms with Crippen LogP contribution >= 0.6 is 22.9 Å². The van der Waals surface area contributed by atoms with Crippen LogP contribution in [0.3, 0.4) is 0 Å². The molecule has 2 heterocycles. The molecule has 0 radical (unpaired) electrons. The Hall–Kier alpha value is -1.41. The van der Waals surface area contributed by atoms with Gasteiger partial charge in [0.15, 0.2) is 9.50 Å². The zero-order valence-electron chi connectivity index (χ0n) is 8.09. The summed E-state index contributed by atoms with van der Waals surface area (Å²) in [7, 11) is 0. The van der Waals surface area contributed by atoms with Crippen LogP contribution in [-0.2, 0) is 6.54 Å². The van der Waals surface area contributed by atoms with Gasteiger partial charge in [0, 0.05) is 17.6 Å². The number of aromatic nitrogens is 1. The van der Waals surface area contributed by atoms with E-state index < -0.39 is 5.03 Å². The van der Waals surface area contributed by atoms with Crippen LogP contribution in [0.5, 0.6) is 0 Å². The van der Waals surface area contributed by atoms with Crippen LogP contribution in [0.25, 0.3) is 0 Å². The fraction of sp³-hybridized carbons (Fsp3) is 0.429. The molecule has 0 aromatic carbocycles. The van der Waals surface area contributed by atoms with Crippen molar-refractivity contribution in [2.24, 2.45) is 0 Å². The zero-order chi connectivity index (χ0) is 11.7. The highest BCUT2D eigenvalue weighted by Crippen LogP contribution is 2.21. The SMILES string of the molecule is N=C1N(Cc2cnc(Cl)s2)CCN1[N+](=O)[O-]. The molecule has 1 saturated heterocycles. The smallest absolute Gasteiger partial charge is 0.257 e. The van der Waals surface area contributed by atoms with E-state index in [9.17, 15) is 10.1 Å². The maximum atomic E-state index is 10.5. The minimum Gasteiger partial charge on any atom is -0.331 e. The third kappa shape index (κ3) is 2.07. The molecule has 7 nitrogen and oxygen atoms in total. The highest BCUT2D eigenvalue weighted by molar-refractivity contribution is 7.15. The summed E-state index contributed by atoms with van der Waals surface area (Å²) in [6, 6.07) is 0. The Kier molecular flexibility index (Phi) is 2.92. The third-order valence-electron chi connectivity index (χ3n) is 2.19. The van der Waals surface area contributed by atoms with Gasteiger partial charge < -0.3 is 4.90 Å².